The Morgan fingerprint density at radius 3 is 2.38 bits per heavy atom. The lowest BCUT2D eigenvalue weighted by Gasteiger charge is -2.13. The van der Waals surface area contributed by atoms with Crippen LogP contribution in [-0.2, 0) is 6.54 Å². The van der Waals surface area contributed by atoms with Gasteiger partial charge in [-0.1, -0.05) is 29.3 Å². The molecule has 1 N–H and O–H groups in total. The molecule has 0 aliphatic carbocycles. The maximum atomic E-state index is 3.57. The Balaban J connectivity index is 2.41. The number of aryl methyl sites for hydroxylation is 2. The predicted octanol–water partition coefficient (Wildman–Crippen LogP) is 3.53. The summed E-state index contributed by atoms with van der Waals surface area (Å²) < 4.78 is 0. The first-order chi connectivity index (χ1) is 7.61. The van der Waals surface area contributed by atoms with Crippen molar-refractivity contribution in [1.29, 1.82) is 0 Å². The number of nitrogens with one attached hydrogen (secondary N) is 1. The standard InChI is InChI=1S/C14H23NS/c1-11-7-12(2)9-14(8-11)10-15-13(3)5-6-16-4/h7-9,13,15H,5-6,10H2,1-4H3. The van der Waals surface area contributed by atoms with Crippen molar-refractivity contribution >= 4 is 11.8 Å². The molecule has 2 heteroatoms. The van der Waals surface area contributed by atoms with Gasteiger partial charge in [0.2, 0.25) is 0 Å². The van der Waals surface area contributed by atoms with Crippen molar-refractivity contribution in [1.82, 2.24) is 5.32 Å². The van der Waals surface area contributed by atoms with E-state index in [1.165, 1.54) is 28.9 Å². The van der Waals surface area contributed by atoms with Crippen molar-refractivity contribution in [3.8, 4) is 0 Å². The molecule has 0 fully saturated rings. The maximum absolute atomic E-state index is 3.57. The first-order valence-corrected chi connectivity index (χ1v) is 7.30. The molecule has 90 valence electrons. The topological polar surface area (TPSA) is 12.0 Å². The van der Waals surface area contributed by atoms with E-state index < -0.39 is 0 Å². The van der Waals surface area contributed by atoms with Crippen LogP contribution in [0.4, 0.5) is 0 Å². The summed E-state index contributed by atoms with van der Waals surface area (Å²) in [5.74, 6) is 1.24. The quantitative estimate of drug-likeness (QED) is 0.812. The van der Waals surface area contributed by atoms with E-state index in [0.717, 1.165) is 6.54 Å². The van der Waals surface area contributed by atoms with Crippen LogP contribution in [0.2, 0.25) is 0 Å². The summed E-state index contributed by atoms with van der Waals surface area (Å²) in [6.07, 6.45) is 3.41. The summed E-state index contributed by atoms with van der Waals surface area (Å²) in [5.41, 5.74) is 4.11. The lowest BCUT2D eigenvalue weighted by Crippen LogP contribution is -2.26. The van der Waals surface area contributed by atoms with E-state index >= 15 is 0 Å². The van der Waals surface area contributed by atoms with Crippen LogP contribution in [0.25, 0.3) is 0 Å². The minimum absolute atomic E-state index is 0.605. The van der Waals surface area contributed by atoms with Crippen LogP contribution in [0.15, 0.2) is 18.2 Å². The normalized spacial score (nSPS) is 12.8. The fraction of sp³-hybridized carbons (Fsp3) is 0.571. The summed E-state index contributed by atoms with van der Waals surface area (Å²) in [7, 11) is 0. The average Bonchev–Trinajstić information content (AvgIpc) is 2.22. The molecule has 1 rings (SSSR count). The molecule has 0 aromatic heterocycles. The number of rotatable bonds is 6. The predicted molar refractivity (Wildman–Crippen MR) is 75.2 cm³/mol. The van der Waals surface area contributed by atoms with Gasteiger partial charge in [0.1, 0.15) is 0 Å². The van der Waals surface area contributed by atoms with E-state index in [9.17, 15) is 0 Å². The minimum Gasteiger partial charge on any atom is -0.310 e. The van der Waals surface area contributed by atoms with Crippen molar-refractivity contribution in [2.24, 2.45) is 0 Å². The zero-order valence-corrected chi connectivity index (χ0v) is 11.7. The fourth-order valence-electron chi connectivity index (χ4n) is 1.86. The molecule has 0 saturated carbocycles. The number of thioether (sulfide) groups is 1. The molecule has 0 radical (unpaired) electrons. The Kier molecular flexibility index (Phi) is 5.93. The molecule has 1 nitrogen and oxygen atoms in total. The van der Waals surface area contributed by atoms with E-state index in [2.05, 4.69) is 50.5 Å². The molecule has 1 unspecified atom stereocenters. The number of benzene rings is 1. The molecule has 0 saturated heterocycles. The minimum atomic E-state index is 0.605. The smallest absolute Gasteiger partial charge is 0.0208 e. The second kappa shape index (κ2) is 6.97. The highest BCUT2D eigenvalue weighted by molar-refractivity contribution is 7.98. The van der Waals surface area contributed by atoms with Gasteiger partial charge >= 0.3 is 0 Å². The largest absolute Gasteiger partial charge is 0.310 e. The molecule has 0 spiro atoms. The Morgan fingerprint density at radius 2 is 1.81 bits per heavy atom. The van der Waals surface area contributed by atoms with E-state index in [1.807, 2.05) is 11.8 Å². The van der Waals surface area contributed by atoms with Gasteiger partial charge in [-0.25, -0.2) is 0 Å². The van der Waals surface area contributed by atoms with Crippen LogP contribution < -0.4 is 5.32 Å². The van der Waals surface area contributed by atoms with Crippen molar-refractivity contribution in [3.05, 3.63) is 34.9 Å². The number of hydrogen-bond donors (Lipinski definition) is 1. The second-order valence-electron chi connectivity index (χ2n) is 4.56. The first-order valence-electron chi connectivity index (χ1n) is 5.91. The van der Waals surface area contributed by atoms with Crippen LogP contribution in [-0.4, -0.2) is 18.1 Å². The molecule has 1 atom stereocenters. The van der Waals surface area contributed by atoms with Crippen LogP contribution in [0, 0.1) is 13.8 Å². The third kappa shape index (κ3) is 5.04. The van der Waals surface area contributed by atoms with Gasteiger partial charge in [0.25, 0.3) is 0 Å². The van der Waals surface area contributed by atoms with Crippen LogP contribution >= 0.6 is 11.8 Å². The fourth-order valence-corrected chi connectivity index (χ4v) is 2.45. The Hall–Kier alpha value is -0.470. The van der Waals surface area contributed by atoms with Gasteiger partial charge in [0.15, 0.2) is 0 Å². The molecule has 1 aromatic carbocycles. The summed E-state index contributed by atoms with van der Waals surface area (Å²) in [6, 6.07) is 7.36. The molecule has 16 heavy (non-hydrogen) atoms. The first kappa shape index (κ1) is 13.6. The van der Waals surface area contributed by atoms with E-state index in [0.29, 0.717) is 6.04 Å². The molecule has 0 bridgehead atoms. The molecule has 1 aromatic rings. The van der Waals surface area contributed by atoms with Crippen molar-refractivity contribution in [2.75, 3.05) is 12.0 Å². The molecular formula is C14H23NS. The molecule has 0 heterocycles. The van der Waals surface area contributed by atoms with E-state index in [1.54, 1.807) is 0 Å². The Morgan fingerprint density at radius 1 is 1.19 bits per heavy atom. The van der Waals surface area contributed by atoms with E-state index in [-0.39, 0.29) is 0 Å². The van der Waals surface area contributed by atoms with Gasteiger partial charge in [-0.3, -0.25) is 0 Å². The molecule has 0 aliphatic rings. The summed E-state index contributed by atoms with van der Waals surface area (Å²) in [5, 5.41) is 3.57. The third-order valence-corrected chi connectivity index (χ3v) is 3.34. The van der Waals surface area contributed by atoms with Crippen LogP contribution in [0.3, 0.4) is 0 Å². The van der Waals surface area contributed by atoms with Gasteiger partial charge in [0, 0.05) is 12.6 Å². The summed E-state index contributed by atoms with van der Waals surface area (Å²) in [4.78, 5) is 0. The monoisotopic (exact) mass is 237 g/mol. The van der Waals surface area contributed by atoms with Gasteiger partial charge < -0.3 is 5.32 Å². The highest BCUT2D eigenvalue weighted by Gasteiger charge is 2.01. The Labute approximate surface area is 104 Å². The van der Waals surface area contributed by atoms with Gasteiger partial charge in [0.05, 0.1) is 0 Å². The lowest BCUT2D eigenvalue weighted by molar-refractivity contribution is 0.537. The highest BCUT2D eigenvalue weighted by atomic mass is 32.2. The summed E-state index contributed by atoms with van der Waals surface area (Å²) in [6.45, 7) is 7.57. The molecular weight excluding hydrogens is 214 g/mol. The molecule has 0 amide bonds. The lowest BCUT2D eigenvalue weighted by atomic mass is 10.1. The van der Waals surface area contributed by atoms with Crippen LogP contribution in [0.5, 0.6) is 0 Å². The summed E-state index contributed by atoms with van der Waals surface area (Å²) >= 11 is 1.92. The van der Waals surface area contributed by atoms with Crippen molar-refractivity contribution in [3.63, 3.8) is 0 Å². The SMILES string of the molecule is CSCCC(C)NCc1cc(C)cc(C)c1. The highest BCUT2D eigenvalue weighted by Crippen LogP contribution is 2.09. The van der Waals surface area contributed by atoms with Gasteiger partial charge in [-0.2, -0.15) is 11.8 Å². The zero-order valence-electron chi connectivity index (χ0n) is 10.8. The van der Waals surface area contributed by atoms with Crippen LogP contribution in [0.1, 0.15) is 30.0 Å². The average molecular weight is 237 g/mol. The van der Waals surface area contributed by atoms with E-state index in [4.69, 9.17) is 0 Å². The van der Waals surface area contributed by atoms with Crippen molar-refractivity contribution in [2.45, 2.75) is 39.8 Å². The Bertz CT molecular complexity index is 302. The van der Waals surface area contributed by atoms with Gasteiger partial charge in [-0.15, -0.1) is 0 Å². The zero-order chi connectivity index (χ0) is 12.0. The third-order valence-electron chi connectivity index (χ3n) is 2.69. The second-order valence-corrected chi connectivity index (χ2v) is 5.54. The number of hydrogen-bond acceptors (Lipinski definition) is 2. The maximum Gasteiger partial charge on any atom is 0.0208 e. The van der Waals surface area contributed by atoms with Gasteiger partial charge in [-0.05, 0) is 44.8 Å². The van der Waals surface area contributed by atoms with Crippen molar-refractivity contribution < 1.29 is 0 Å². The molecule has 0 aliphatic heterocycles.